The first kappa shape index (κ1) is 17.9. The summed E-state index contributed by atoms with van der Waals surface area (Å²) in [6.45, 7) is -0.475. The molecule has 130 valence electrons. The average Bonchev–Trinajstić information content (AvgIpc) is 2.61. The number of methoxy groups -OCH3 is 1. The Bertz CT molecular complexity index is 773. The van der Waals surface area contributed by atoms with E-state index in [4.69, 9.17) is 9.47 Å². The molecule has 0 saturated heterocycles. The smallest absolute Gasteiger partial charge is 0.310 e. The van der Waals surface area contributed by atoms with E-state index < -0.39 is 23.4 Å². The van der Waals surface area contributed by atoms with E-state index in [1.54, 1.807) is 31.4 Å². The van der Waals surface area contributed by atoms with Gasteiger partial charge in [0.05, 0.1) is 18.5 Å². The molecular formula is C17H16N2O6. The van der Waals surface area contributed by atoms with E-state index in [0.29, 0.717) is 5.75 Å². The van der Waals surface area contributed by atoms with Crippen molar-refractivity contribution in [2.45, 2.75) is 6.42 Å². The molecule has 0 heterocycles. The molecule has 8 nitrogen and oxygen atoms in total. The fourth-order valence-electron chi connectivity index (χ4n) is 2.00. The molecule has 0 atom stereocenters. The number of nitro benzene ring substituents is 1. The van der Waals surface area contributed by atoms with Crippen LogP contribution in [0.5, 0.6) is 5.75 Å². The highest BCUT2D eigenvalue weighted by Gasteiger charge is 2.11. The molecule has 0 radical (unpaired) electrons. The number of hydrogen-bond donors (Lipinski definition) is 1. The standard InChI is InChI=1S/C17H16N2O6/c1-24-15-7-5-12(6-8-15)9-17(21)25-11-16(20)18-13-3-2-4-14(10-13)19(22)23/h2-8,10H,9,11H2,1H3,(H,18,20). The van der Waals surface area contributed by atoms with Crippen molar-refractivity contribution in [3.05, 3.63) is 64.2 Å². The first-order valence-electron chi connectivity index (χ1n) is 7.31. The van der Waals surface area contributed by atoms with E-state index in [2.05, 4.69) is 5.32 Å². The van der Waals surface area contributed by atoms with Crippen LogP contribution in [0.4, 0.5) is 11.4 Å². The number of nitrogens with zero attached hydrogens (tertiary/aromatic N) is 1. The number of nitro groups is 1. The molecule has 1 N–H and O–H groups in total. The van der Waals surface area contributed by atoms with Crippen LogP contribution in [0.1, 0.15) is 5.56 Å². The number of ether oxygens (including phenoxy) is 2. The summed E-state index contributed by atoms with van der Waals surface area (Å²) in [5, 5.41) is 13.1. The van der Waals surface area contributed by atoms with Crippen LogP contribution >= 0.6 is 0 Å². The summed E-state index contributed by atoms with van der Waals surface area (Å²) in [5.41, 5.74) is 0.838. The van der Waals surface area contributed by atoms with E-state index >= 15 is 0 Å². The number of esters is 1. The zero-order valence-corrected chi connectivity index (χ0v) is 13.4. The summed E-state index contributed by atoms with van der Waals surface area (Å²) in [6, 6.07) is 12.4. The first-order valence-corrected chi connectivity index (χ1v) is 7.31. The van der Waals surface area contributed by atoms with E-state index in [1.807, 2.05) is 0 Å². The second kappa shape index (κ2) is 8.44. The minimum atomic E-state index is -0.580. The van der Waals surface area contributed by atoms with E-state index in [9.17, 15) is 19.7 Å². The molecule has 0 unspecified atom stereocenters. The molecule has 2 rings (SSSR count). The van der Waals surface area contributed by atoms with Gasteiger partial charge in [0.2, 0.25) is 0 Å². The van der Waals surface area contributed by atoms with E-state index in [0.717, 1.165) is 5.56 Å². The third-order valence-corrected chi connectivity index (χ3v) is 3.21. The molecule has 2 aromatic carbocycles. The number of non-ortho nitro benzene ring substituents is 1. The maximum Gasteiger partial charge on any atom is 0.310 e. The predicted molar refractivity (Wildman–Crippen MR) is 89.4 cm³/mol. The molecule has 8 heteroatoms. The topological polar surface area (TPSA) is 108 Å². The van der Waals surface area contributed by atoms with Crippen molar-refractivity contribution in [2.75, 3.05) is 19.0 Å². The largest absolute Gasteiger partial charge is 0.497 e. The Kier molecular flexibility index (Phi) is 6.05. The first-order chi connectivity index (χ1) is 12.0. The van der Waals surface area contributed by atoms with Gasteiger partial charge >= 0.3 is 5.97 Å². The number of carbonyl (C=O) groups excluding carboxylic acids is 2. The Hall–Kier alpha value is -3.42. The number of hydrogen-bond acceptors (Lipinski definition) is 6. The lowest BCUT2D eigenvalue weighted by molar-refractivity contribution is -0.384. The number of benzene rings is 2. The molecular weight excluding hydrogens is 328 g/mol. The third kappa shape index (κ3) is 5.61. The highest BCUT2D eigenvalue weighted by Crippen LogP contribution is 2.17. The highest BCUT2D eigenvalue weighted by molar-refractivity contribution is 5.93. The van der Waals surface area contributed by atoms with Crippen molar-refractivity contribution in [1.82, 2.24) is 0 Å². The SMILES string of the molecule is COc1ccc(CC(=O)OCC(=O)Nc2cccc([N+](=O)[O-])c2)cc1. The molecule has 25 heavy (non-hydrogen) atoms. The van der Waals surface area contributed by atoms with Gasteiger partial charge in [-0.1, -0.05) is 18.2 Å². The van der Waals surface area contributed by atoms with Gasteiger partial charge in [-0.3, -0.25) is 19.7 Å². The van der Waals surface area contributed by atoms with Gasteiger partial charge < -0.3 is 14.8 Å². The lowest BCUT2D eigenvalue weighted by Crippen LogP contribution is -2.21. The minimum Gasteiger partial charge on any atom is -0.497 e. The fraction of sp³-hybridized carbons (Fsp3) is 0.176. The molecule has 0 aliphatic rings. The summed E-state index contributed by atoms with van der Waals surface area (Å²) in [7, 11) is 1.54. The average molecular weight is 344 g/mol. The van der Waals surface area contributed by atoms with Crippen LogP contribution in [0, 0.1) is 10.1 Å². The second-order valence-electron chi connectivity index (χ2n) is 5.04. The Balaban J connectivity index is 1.81. The van der Waals surface area contributed by atoms with Gasteiger partial charge in [-0.2, -0.15) is 0 Å². The van der Waals surface area contributed by atoms with Crippen molar-refractivity contribution in [2.24, 2.45) is 0 Å². The van der Waals surface area contributed by atoms with Crippen molar-refractivity contribution < 1.29 is 24.0 Å². The van der Waals surface area contributed by atoms with Crippen LogP contribution in [-0.4, -0.2) is 30.5 Å². The summed E-state index contributed by atoms with van der Waals surface area (Å²) in [5.74, 6) is -0.462. The summed E-state index contributed by atoms with van der Waals surface area (Å²) in [4.78, 5) is 33.6. The Morgan fingerprint density at radius 3 is 2.52 bits per heavy atom. The van der Waals surface area contributed by atoms with Crippen LogP contribution in [0.25, 0.3) is 0 Å². The number of amides is 1. The van der Waals surface area contributed by atoms with E-state index in [-0.39, 0.29) is 17.8 Å². The molecule has 0 aliphatic heterocycles. The van der Waals surface area contributed by atoms with Gasteiger partial charge in [-0.25, -0.2) is 0 Å². The van der Waals surface area contributed by atoms with Gasteiger partial charge in [0.1, 0.15) is 5.75 Å². The van der Waals surface area contributed by atoms with Gasteiger partial charge in [-0.15, -0.1) is 0 Å². The van der Waals surface area contributed by atoms with Gasteiger partial charge in [0.25, 0.3) is 11.6 Å². The minimum absolute atomic E-state index is 0.0219. The highest BCUT2D eigenvalue weighted by atomic mass is 16.6. The van der Waals surface area contributed by atoms with Gasteiger partial charge in [-0.05, 0) is 23.8 Å². The van der Waals surface area contributed by atoms with Crippen molar-refractivity contribution in [3.63, 3.8) is 0 Å². The van der Waals surface area contributed by atoms with Crippen molar-refractivity contribution in [3.8, 4) is 5.75 Å². The monoisotopic (exact) mass is 344 g/mol. The van der Waals surface area contributed by atoms with Gasteiger partial charge in [0.15, 0.2) is 6.61 Å². The molecule has 0 saturated carbocycles. The van der Waals surface area contributed by atoms with Crippen LogP contribution in [0.3, 0.4) is 0 Å². The number of carbonyl (C=O) groups is 2. The molecule has 0 spiro atoms. The third-order valence-electron chi connectivity index (χ3n) is 3.21. The maximum absolute atomic E-state index is 11.8. The normalized spacial score (nSPS) is 9.96. The van der Waals surface area contributed by atoms with Crippen LogP contribution in [-0.2, 0) is 20.7 Å². The summed E-state index contributed by atoms with van der Waals surface area (Å²) >= 11 is 0. The Morgan fingerprint density at radius 1 is 1.16 bits per heavy atom. The van der Waals surface area contributed by atoms with Crippen LogP contribution in [0.15, 0.2) is 48.5 Å². The van der Waals surface area contributed by atoms with E-state index in [1.165, 1.54) is 24.3 Å². The fourth-order valence-corrected chi connectivity index (χ4v) is 2.00. The number of nitrogens with one attached hydrogen (secondary N) is 1. The molecule has 2 aromatic rings. The van der Waals surface area contributed by atoms with Crippen LogP contribution < -0.4 is 10.1 Å². The van der Waals surface area contributed by atoms with Crippen molar-refractivity contribution in [1.29, 1.82) is 0 Å². The lowest BCUT2D eigenvalue weighted by Gasteiger charge is -2.07. The van der Waals surface area contributed by atoms with Crippen molar-refractivity contribution >= 4 is 23.3 Å². The number of rotatable bonds is 7. The lowest BCUT2D eigenvalue weighted by atomic mass is 10.1. The predicted octanol–water partition coefficient (Wildman–Crippen LogP) is 2.33. The summed E-state index contributed by atoms with van der Waals surface area (Å²) in [6.07, 6.45) is 0.0219. The quantitative estimate of drug-likeness (QED) is 0.469. The van der Waals surface area contributed by atoms with Crippen LogP contribution in [0.2, 0.25) is 0 Å². The summed E-state index contributed by atoms with van der Waals surface area (Å²) < 4.78 is 9.92. The molecule has 0 aromatic heterocycles. The maximum atomic E-state index is 11.8. The molecule has 0 fully saturated rings. The Labute approximate surface area is 143 Å². The zero-order valence-electron chi connectivity index (χ0n) is 13.4. The Morgan fingerprint density at radius 2 is 1.88 bits per heavy atom. The molecule has 1 amide bonds. The zero-order chi connectivity index (χ0) is 18.2. The molecule has 0 aliphatic carbocycles. The number of anilines is 1. The molecule has 0 bridgehead atoms. The second-order valence-corrected chi connectivity index (χ2v) is 5.04. The van der Waals surface area contributed by atoms with Gasteiger partial charge in [0, 0.05) is 17.8 Å².